The summed E-state index contributed by atoms with van der Waals surface area (Å²) in [7, 11) is 0.195. The van der Waals surface area contributed by atoms with Crippen molar-refractivity contribution in [3.63, 3.8) is 0 Å². The highest BCUT2D eigenvalue weighted by molar-refractivity contribution is 7.80. The third kappa shape index (κ3) is 3.75. The van der Waals surface area contributed by atoms with Gasteiger partial charge in [-0.3, -0.25) is 4.79 Å². The molecule has 1 aromatic rings. The largest absolute Gasteiger partial charge is 0.494 e. The number of carboxylic acids is 1. The minimum absolute atomic E-state index is 0.0171. The number of nitrogens with zero attached hydrogens (tertiary/aromatic N) is 1. The predicted molar refractivity (Wildman–Crippen MR) is 76.0 cm³/mol. The van der Waals surface area contributed by atoms with Crippen LogP contribution in [0, 0.1) is 0 Å². The number of carboxylic acid groups (broad SMARTS) is 1. The van der Waals surface area contributed by atoms with E-state index in [1.54, 1.807) is 0 Å². The van der Waals surface area contributed by atoms with E-state index in [2.05, 4.69) is 9.68 Å². The van der Waals surface area contributed by atoms with Crippen LogP contribution in [0.15, 0.2) is 22.6 Å². The van der Waals surface area contributed by atoms with Crippen LogP contribution in [-0.4, -0.2) is 38.6 Å². The molecule has 0 heterocycles. The van der Waals surface area contributed by atoms with Crippen LogP contribution in [0.3, 0.4) is 0 Å². The highest BCUT2D eigenvalue weighted by Crippen LogP contribution is 2.31. The maximum Gasteiger partial charge on any atom is 0.317 e. The Morgan fingerprint density at radius 3 is 2.60 bits per heavy atom. The fourth-order valence-corrected chi connectivity index (χ4v) is 2.13. The Balaban J connectivity index is 3.42. The fraction of sp³-hybridized carbons (Fsp3) is 0.273. The van der Waals surface area contributed by atoms with Gasteiger partial charge < -0.3 is 15.2 Å². The maximum atomic E-state index is 11.3. The highest BCUT2D eigenvalue weighted by atomic mass is 32.2. The molecule has 9 heteroatoms. The lowest BCUT2D eigenvalue weighted by atomic mass is 9.98. The highest BCUT2D eigenvalue weighted by Gasteiger charge is 2.25. The third-order valence-corrected chi connectivity index (χ3v) is 3.25. The van der Waals surface area contributed by atoms with Crippen molar-refractivity contribution >= 4 is 39.4 Å². The summed E-state index contributed by atoms with van der Waals surface area (Å²) in [4.78, 5) is 11.4. The third-order valence-electron chi connectivity index (χ3n) is 2.46. The molecule has 20 heavy (non-hydrogen) atoms. The molecule has 1 atom stereocenters. The van der Waals surface area contributed by atoms with Gasteiger partial charge in [0.05, 0.1) is 12.1 Å². The first-order valence-electron chi connectivity index (χ1n) is 5.34. The number of thiocarbonyl (C=S) groups is 1. The van der Waals surface area contributed by atoms with Gasteiger partial charge in [0.1, 0.15) is 17.4 Å². The van der Waals surface area contributed by atoms with Gasteiger partial charge in [0.2, 0.25) is 0 Å². The van der Waals surface area contributed by atoms with E-state index in [0.717, 1.165) is 0 Å². The Morgan fingerprint density at radius 1 is 1.50 bits per heavy atom. The van der Waals surface area contributed by atoms with E-state index in [1.165, 1.54) is 32.4 Å². The van der Waals surface area contributed by atoms with Crippen LogP contribution in [0.1, 0.15) is 11.5 Å². The van der Waals surface area contributed by atoms with Crippen LogP contribution in [-0.2, 0) is 15.3 Å². The number of hydrogen-bond acceptors (Lipinski definition) is 6. The summed E-state index contributed by atoms with van der Waals surface area (Å²) in [6.07, 6.45) is 0. The van der Waals surface area contributed by atoms with Gasteiger partial charge in [-0.15, -0.1) is 4.36 Å². The van der Waals surface area contributed by atoms with Gasteiger partial charge in [-0.25, -0.2) is 0 Å². The van der Waals surface area contributed by atoms with Crippen LogP contribution in [0.25, 0.3) is 0 Å². The van der Waals surface area contributed by atoms with Gasteiger partial charge in [-0.05, 0) is 17.7 Å². The van der Waals surface area contributed by atoms with E-state index < -0.39 is 22.4 Å². The zero-order valence-electron chi connectivity index (χ0n) is 10.7. The Hall–Kier alpha value is -2.00. The molecule has 0 bridgehead atoms. The summed E-state index contributed by atoms with van der Waals surface area (Å²) >= 11 is 4.95. The second-order valence-corrected chi connectivity index (χ2v) is 4.68. The topological polar surface area (TPSA) is 105 Å². The van der Waals surface area contributed by atoms with Crippen LogP contribution >= 0.6 is 12.2 Å². The lowest BCUT2D eigenvalue weighted by Gasteiger charge is -2.15. The number of rotatable bonds is 5. The van der Waals surface area contributed by atoms with Gasteiger partial charge in [-0.1, -0.05) is 18.3 Å². The molecule has 0 fully saturated rings. The van der Waals surface area contributed by atoms with Gasteiger partial charge in [0.25, 0.3) is 0 Å². The van der Waals surface area contributed by atoms with Crippen LogP contribution < -0.4 is 10.1 Å². The second kappa shape index (κ2) is 6.96. The minimum atomic E-state index is -2.67. The lowest BCUT2D eigenvalue weighted by Crippen LogP contribution is -2.29. The first-order chi connectivity index (χ1) is 9.40. The molecule has 0 aromatic heterocycles. The maximum absolute atomic E-state index is 11.3. The van der Waals surface area contributed by atoms with Crippen LogP contribution in [0.4, 0.5) is 5.69 Å². The first-order valence-corrected chi connectivity index (χ1v) is 6.78. The zero-order chi connectivity index (χ0) is 15.3. The van der Waals surface area contributed by atoms with E-state index in [0.29, 0.717) is 5.56 Å². The van der Waals surface area contributed by atoms with E-state index in [4.69, 9.17) is 17.0 Å². The molecule has 0 aliphatic carbocycles. The molecule has 0 saturated heterocycles. The average Bonchev–Trinajstić information content (AvgIpc) is 2.38. The van der Waals surface area contributed by atoms with E-state index in [-0.39, 0.29) is 16.4 Å². The monoisotopic (exact) mass is 316 g/mol. The molecule has 0 saturated carbocycles. The second-order valence-electron chi connectivity index (χ2n) is 3.63. The van der Waals surface area contributed by atoms with Crippen molar-refractivity contribution < 1.29 is 23.1 Å². The van der Waals surface area contributed by atoms with Gasteiger partial charge >= 0.3 is 16.5 Å². The van der Waals surface area contributed by atoms with E-state index >= 15 is 0 Å². The number of likely N-dealkylation sites (N-methyl/N-ethyl adjacent to an activating group) is 1. The normalized spacial score (nSPS) is 11.3. The molecule has 0 aliphatic rings. The molecular weight excluding hydrogens is 304 g/mol. The SMILES string of the molecule is CNC(=S)C(C(=O)O)c1ccc(OC)c(N=S(=O)=O)c1. The molecule has 1 unspecified atom stereocenters. The Kier molecular flexibility index (Phi) is 5.59. The summed E-state index contributed by atoms with van der Waals surface area (Å²) in [5, 5.41) is 11.8. The van der Waals surface area contributed by atoms with Crippen LogP contribution in [0.5, 0.6) is 5.75 Å². The van der Waals surface area contributed by atoms with Crippen molar-refractivity contribution in [1.82, 2.24) is 5.32 Å². The number of aliphatic carboxylic acids is 1. The van der Waals surface area contributed by atoms with Crippen LogP contribution in [0.2, 0.25) is 0 Å². The zero-order valence-corrected chi connectivity index (χ0v) is 12.3. The number of hydrogen-bond donors (Lipinski definition) is 2. The predicted octanol–water partition coefficient (Wildman–Crippen LogP) is 1.10. The molecule has 0 aliphatic heterocycles. The molecule has 0 amide bonds. The molecular formula is C11H12N2O5S2. The summed E-state index contributed by atoms with van der Waals surface area (Å²) in [6.45, 7) is 0. The molecule has 2 N–H and O–H groups in total. The van der Waals surface area contributed by atoms with Crippen molar-refractivity contribution in [3.05, 3.63) is 23.8 Å². The molecule has 1 rings (SSSR count). The fourth-order valence-electron chi connectivity index (χ4n) is 1.59. The standard InChI is InChI=1S/C11H12N2O5S2/c1-12-10(19)9(11(14)15)6-3-4-8(18-2)7(5-6)13-20(16)17/h3-5,9H,1-2H3,(H,12,19)(H,14,15). The Morgan fingerprint density at radius 2 is 2.15 bits per heavy atom. The van der Waals surface area contributed by atoms with E-state index in [1.807, 2.05) is 0 Å². The molecule has 1 aromatic carbocycles. The van der Waals surface area contributed by atoms with Crippen molar-refractivity contribution in [2.24, 2.45) is 4.36 Å². The first kappa shape index (κ1) is 16.1. The minimum Gasteiger partial charge on any atom is -0.494 e. The lowest BCUT2D eigenvalue weighted by molar-refractivity contribution is -0.137. The molecule has 0 spiro atoms. The number of methoxy groups -OCH3 is 1. The van der Waals surface area contributed by atoms with Gasteiger partial charge in [0, 0.05) is 7.05 Å². The van der Waals surface area contributed by atoms with Gasteiger partial charge in [-0.2, -0.15) is 8.42 Å². The van der Waals surface area contributed by atoms with Gasteiger partial charge in [0.15, 0.2) is 0 Å². The Bertz CT molecular complexity index is 661. The van der Waals surface area contributed by atoms with Crippen molar-refractivity contribution in [2.45, 2.75) is 5.92 Å². The molecule has 0 radical (unpaired) electrons. The summed E-state index contributed by atoms with van der Waals surface area (Å²) in [5.74, 6) is -2.02. The number of benzene rings is 1. The summed E-state index contributed by atoms with van der Waals surface area (Å²) < 4.78 is 29.6. The summed E-state index contributed by atoms with van der Waals surface area (Å²) in [6, 6.07) is 4.25. The molecule has 7 nitrogen and oxygen atoms in total. The average molecular weight is 316 g/mol. The quantitative estimate of drug-likeness (QED) is 0.784. The smallest absolute Gasteiger partial charge is 0.317 e. The Labute approximate surface area is 122 Å². The van der Waals surface area contributed by atoms with Crippen molar-refractivity contribution in [2.75, 3.05) is 14.2 Å². The molecule has 108 valence electrons. The number of carbonyl (C=O) groups is 1. The van der Waals surface area contributed by atoms with E-state index in [9.17, 15) is 18.3 Å². The van der Waals surface area contributed by atoms with Crippen molar-refractivity contribution in [3.8, 4) is 5.75 Å². The summed E-state index contributed by atoms with van der Waals surface area (Å²) in [5.41, 5.74) is 0.324. The van der Waals surface area contributed by atoms with Crippen molar-refractivity contribution in [1.29, 1.82) is 0 Å². The number of ether oxygens (including phenoxy) is 1. The number of nitrogens with one attached hydrogen (secondary N) is 1.